The van der Waals surface area contributed by atoms with Crippen LogP contribution >= 0.6 is 0 Å². The third-order valence-corrected chi connectivity index (χ3v) is 4.30. The van der Waals surface area contributed by atoms with E-state index in [4.69, 9.17) is 4.98 Å². The Labute approximate surface area is 131 Å². The highest BCUT2D eigenvalue weighted by atomic mass is 16.1. The molecule has 0 radical (unpaired) electrons. The summed E-state index contributed by atoms with van der Waals surface area (Å²) in [5.41, 5.74) is 2.94. The van der Waals surface area contributed by atoms with Gasteiger partial charge in [0.2, 0.25) is 5.91 Å². The summed E-state index contributed by atoms with van der Waals surface area (Å²) in [6.07, 6.45) is 0. The summed E-state index contributed by atoms with van der Waals surface area (Å²) in [5, 5.41) is 2.94. The number of fused-ring (bicyclic) bond motifs is 3. The van der Waals surface area contributed by atoms with Crippen molar-refractivity contribution in [3.63, 3.8) is 0 Å². The van der Waals surface area contributed by atoms with Gasteiger partial charge in [-0.3, -0.25) is 9.69 Å². The lowest BCUT2D eigenvalue weighted by molar-refractivity contribution is -0.118. The van der Waals surface area contributed by atoms with Gasteiger partial charge in [0.05, 0.1) is 17.6 Å². The lowest BCUT2D eigenvalue weighted by Gasteiger charge is -2.30. The zero-order chi connectivity index (χ0) is 15.9. The van der Waals surface area contributed by atoms with Crippen LogP contribution in [0.5, 0.6) is 0 Å². The molecule has 1 aromatic heterocycles. The third kappa shape index (κ3) is 2.73. The van der Waals surface area contributed by atoms with Crippen molar-refractivity contribution in [1.29, 1.82) is 0 Å². The van der Waals surface area contributed by atoms with Crippen LogP contribution in [-0.2, 0) is 17.9 Å². The number of aromatic nitrogens is 2. The number of rotatable bonds is 3. The molecule has 1 aromatic carbocycles. The van der Waals surface area contributed by atoms with E-state index in [2.05, 4.69) is 34.7 Å². The van der Waals surface area contributed by atoms with E-state index in [-0.39, 0.29) is 11.8 Å². The van der Waals surface area contributed by atoms with Crippen LogP contribution in [-0.4, -0.2) is 32.9 Å². The molecule has 118 valence electrons. The Bertz CT molecular complexity index is 702. The number of amides is 1. The molecule has 22 heavy (non-hydrogen) atoms. The maximum absolute atomic E-state index is 11.8. The molecule has 0 bridgehead atoms. The van der Waals surface area contributed by atoms with Gasteiger partial charge in [0.25, 0.3) is 0 Å². The number of carbonyl (C=O) groups is 1. The standard InChI is InChI=1S/C17H24N4O/c1-11(2)17(22)18-13-5-6-15-14(9-13)19-16-10-20(12(3)4)7-8-21(15)16/h5-6,9,11-12H,7-8,10H2,1-4H3,(H,18,22). The number of anilines is 1. The van der Waals surface area contributed by atoms with Gasteiger partial charge in [0, 0.05) is 30.7 Å². The van der Waals surface area contributed by atoms with Crippen molar-refractivity contribution >= 4 is 22.6 Å². The SMILES string of the molecule is CC(C)C(=O)Nc1ccc2c(c1)nc1n2CCN(C(C)C)C1. The van der Waals surface area contributed by atoms with Crippen molar-refractivity contribution in [2.75, 3.05) is 11.9 Å². The van der Waals surface area contributed by atoms with E-state index in [0.29, 0.717) is 6.04 Å². The minimum Gasteiger partial charge on any atom is -0.326 e. The maximum Gasteiger partial charge on any atom is 0.226 e. The van der Waals surface area contributed by atoms with Crippen molar-refractivity contribution in [2.45, 2.75) is 46.8 Å². The predicted molar refractivity (Wildman–Crippen MR) is 88.7 cm³/mol. The topological polar surface area (TPSA) is 50.2 Å². The van der Waals surface area contributed by atoms with E-state index in [1.807, 2.05) is 26.0 Å². The molecule has 0 saturated heterocycles. The lowest BCUT2D eigenvalue weighted by Crippen LogP contribution is -2.38. The average Bonchev–Trinajstić information content (AvgIpc) is 2.83. The van der Waals surface area contributed by atoms with Crippen LogP contribution in [0.15, 0.2) is 18.2 Å². The molecule has 0 spiro atoms. The lowest BCUT2D eigenvalue weighted by atomic mass is 10.2. The number of carbonyl (C=O) groups excluding carboxylic acids is 1. The van der Waals surface area contributed by atoms with Gasteiger partial charge in [-0.25, -0.2) is 4.98 Å². The van der Waals surface area contributed by atoms with Gasteiger partial charge in [-0.2, -0.15) is 0 Å². The monoisotopic (exact) mass is 300 g/mol. The zero-order valence-corrected chi connectivity index (χ0v) is 13.8. The summed E-state index contributed by atoms with van der Waals surface area (Å²) in [4.78, 5) is 19.0. The molecule has 5 nitrogen and oxygen atoms in total. The first-order valence-electron chi connectivity index (χ1n) is 8.00. The van der Waals surface area contributed by atoms with Crippen LogP contribution in [0, 0.1) is 5.92 Å². The summed E-state index contributed by atoms with van der Waals surface area (Å²) < 4.78 is 2.29. The first-order chi connectivity index (χ1) is 10.5. The highest BCUT2D eigenvalue weighted by Crippen LogP contribution is 2.24. The molecule has 2 aromatic rings. The van der Waals surface area contributed by atoms with Gasteiger partial charge in [-0.15, -0.1) is 0 Å². The smallest absolute Gasteiger partial charge is 0.226 e. The van der Waals surface area contributed by atoms with E-state index in [1.165, 1.54) is 0 Å². The van der Waals surface area contributed by atoms with Gasteiger partial charge < -0.3 is 9.88 Å². The van der Waals surface area contributed by atoms with E-state index < -0.39 is 0 Å². The van der Waals surface area contributed by atoms with Gasteiger partial charge >= 0.3 is 0 Å². The second kappa shape index (κ2) is 5.72. The fraction of sp³-hybridized carbons (Fsp3) is 0.529. The highest BCUT2D eigenvalue weighted by Gasteiger charge is 2.21. The van der Waals surface area contributed by atoms with Crippen LogP contribution in [0.2, 0.25) is 0 Å². The Morgan fingerprint density at radius 3 is 2.68 bits per heavy atom. The summed E-state index contributed by atoms with van der Waals surface area (Å²) in [7, 11) is 0. The van der Waals surface area contributed by atoms with Crippen molar-refractivity contribution in [3.05, 3.63) is 24.0 Å². The largest absolute Gasteiger partial charge is 0.326 e. The molecule has 0 fully saturated rings. The van der Waals surface area contributed by atoms with Crippen LogP contribution < -0.4 is 5.32 Å². The molecule has 0 unspecified atom stereocenters. The normalized spacial score (nSPS) is 15.5. The average molecular weight is 300 g/mol. The Morgan fingerprint density at radius 2 is 2.00 bits per heavy atom. The first-order valence-corrected chi connectivity index (χ1v) is 8.00. The van der Waals surface area contributed by atoms with Gasteiger partial charge in [-0.1, -0.05) is 13.8 Å². The Morgan fingerprint density at radius 1 is 1.23 bits per heavy atom. The predicted octanol–water partition coefficient (Wildman–Crippen LogP) is 2.85. The first kappa shape index (κ1) is 15.0. The molecule has 1 N–H and O–H groups in total. The quantitative estimate of drug-likeness (QED) is 0.948. The Balaban J connectivity index is 1.90. The maximum atomic E-state index is 11.8. The van der Waals surface area contributed by atoms with Crippen LogP contribution in [0.1, 0.15) is 33.5 Å². The molecule has 5 heteroatoms. The molecule has 0 atom stereocenters. The number of nitrogens with one attached hydrogen (secondary N) is 1. The Hall–Kier alpha value is -1.88. The summed E-state index contributed by atoms with van der Waals surface area (Å²) in [6, 6.07) is 6.54. The fourth-order valence-corrected chi connectivity index (χ4v) is 2.84. The van der Waals surface area contributed by atoms with Crippen molar-refractivity contribution < 1.29 is 4.79 Å². The molecule has 1 aliphatic heterocycles. The molecule has 0 aliphatic carbocycles. The molecule has 0 saturated carbocycles. The van der Waals surface area contributed by atoms with E-state index in [0.717, 1.165) is 42.2 Å². The molecule has 1 amide bonds. The number of benzene rings is 1. The fourth-order valence-electron chi connectivity index (χ4n) is 2.84. The number of hydrogen-bond acceptors (Lipinski definition) is 3. The Kier molecular flexibility index (Phi) is 3.91. The van der Waals surface area contributed by atoms with Gasteiger partial charge in [0.15, 0.2) is 0 Å². The number of hydrogen-bond donors (Lipinski definition) is 1. The van der Waals surface area contributed by atoms with Crippen molar-refractivity contribution in [3.8, 4) is 0 Å². The minimum atomic E-state index is -0.0227. The van der Waals surface area contributed by atoms with Gasteiger partial charge in [0.1, 0.15) is 5.82 Å². The minimum absolute atomic E-state index is 0.0227. The van der Waals surface area contributed by atoms with Crippen molar-refractivity contribution in [1.82, 2.24) is 14.5 Å². The summed E-state index contributed by atoms with van der Waals surface area (Å²) >= 11 is 0. The van der Waals surface area contributed by atoms with E-state index >= 15 is 0 Å². The summed E-state index contributed by atoms with van der Waals surface area (Å²) in [6.45, 7) is 11.1. The van der Waals surface area contributed by atoms with Crippen LogP contribution in [0.3, 0.4) is 0 Å². The molecule has 3 rings (SSSR count). The van der Waals surface area contributed by atoms with E-state index in [1.54, 1.807) is 0 Å². The van der Waals surface area contributed by atoms with Crippen molar-refractivity contribution in [2.24, 2.45) is 5.92 Å². The molecule has 1 aliphatic rings. The molecular formula is C17H24N4O. The number of nitrogens with zero attached hydrogens (tertiary/aromatic N) is 3. The van der Waals surface area contributed by atoms with E-state index in [9.17, 15) is 4.79 Å². The van der Waals surface area contributed by atoms with Crippen LogP contribution in [0.25, 0.3) is 11.0 Å². The molecular weight excluding hydrogens is 276 g/mol. The van der Waals surface area contributed by atoms with Crippen LogP contribution in [0.4, 0.5) is 5.69 Å². The highest BCUT2D eigenvalue weighted by molar-refractivity contribution is 5.94. The second-order valence-electron chi connectivity index (χ2n) is 6.59. The summed E-state index contributed by atoms with van der Waals surface area (Å²) in [5.74, 6) is 1.13. The molecule has 2 heterocycles. The second-order valence-corrected chi connectivity index (χ2v) is 6.59. The third-order valence-electron chi connectivity index (χ3n) is 4.30. The number of imidazole rings is 1. The van der Waals surface area contributed by atoms with Gasteiger partial charge in [-0.05, 0) is 32.0 Å². The zero-order valence-electron chi connectivity index (χ0n) is 13.8.